The predicted molar refractivity (Wildman–Crippen MR) is 67.3 cm³/mol. The molecule has 0 aliphatic heterocycles. The first kappa shape index (κ1) is 13.8. The monoisotopic (exact) mass is 258 g/mol. The van der Waals surface area contributed by atoms with Crippen molar-refractivity contribution < 1.29 is 18.3 Å². The molecule has 5 heteroatoms. The third-order valence-corrected chi connectivity index (χ3v) is 4.77. The summed E-state index contributed by atoms with van der Waals surface area (Å²) >= 11 is 0. The fourth-order valence-corrected chi connectivity index (χ4v) is 2.05. The molecular weight excluding hydrogens is 240 g/mol. The van der Waals surface area contributed by atoms with E-state index in [1.165, 1.54) is 0 Å². The molecule has 0 radical (unpaired) electrons. The molecule has 0 saturated heterocycles. The zero-order valence-electron chi connectivity index (χ0n) is 10.3. The SMILES string of the molecule is Cc1c(O)cccc1OCCS(=O)(=O)C(C)C. The number of phenolic OH excluding ortho intramolecular Hbond substituents is 1. The molecule has 0 heterocycles. The third-order valence-electron chi connectivity index (χ3n) is 2.60. The van der Waals surface area contributed by atoms with Crippen LogP contribution in [0.25, 0.3) is 0 Å². The minimum absolute atomic E-state index is 0.0141. The quantitative estimate of drug-likeness (QED) is 0.876. The lowest BCUT2D eigenvalue weighted by Gasteiger charge is -2.11. The Hall–Kier alpha value is -1.23. The second-order valence-electron chi connectivity index (χ2n) is 4.16. The average Bonchev–Trinajstić information content (AvgIpc) is 2.24. The summed E-state index contributed by atoms with van der Waals surface area (Å²) in [6.07, 6.45) is 0. The molecule has 0 bridgehead atoms. The Balaban J connectivity index is 2.61. The highest BCUT2D eigenvalue weighted by Gasteiger charge is 2.16. The van der Waals surface area contributed by atoms with Gasteiger partial charge in [-0.05, 0) is 32.9 Å². The summed E-state index contributed by atoms with van der Waals surface area (Å²) in [6.45, 7) is 5.12. The molecule has 96 valence electrons. The molecule has 0 amide bonds. The van der Waals surface area contributed by atoms with Gasteiger partial charge in [-0.2, -0.15) is 0 Å². The van der Waals surface area contributed by atoms with Crippen molar-refractivity contribution in [2.75, 3.05) is 12.4 Å². The van der Waals surface area contributed by atoms with Crippen LogP contribution in [0.5, 0.6) is 11.5 Å². The highest BCUT2D eigenvalue weighted by Crippen LogP contribution is 2.25. The highest BCUT2D eigenvalue weighted by atomic mass is 32.2. The van der Waals surface area contributed by atoms with E-state index in [2.05, 4.69) is 0 Å². The Morgan fingerprint density at radius 1 is 1.35 bits per heavy atom. The van der Waals surface area contributed by atoms with Crippen molar-refractivity contribution in [1.29, 1.82) is 0 Å². The zero-order valence-corrected chi connectivity index (χ0v) is 11.1. The first-order valence-corrected chi connectivity index (χ1v) is 7.19. The normalized spacial score (nSPS) is 11.8. The standard InChI is InChI=1S/C12H18O4S/c1-9(2)17(14,15)8-7-16-12-6-4-5-11(13)10(12)3/h4-6,9,13H,7-8H2,1-3H3. The van der Waals surface area contributed by atoms with Crippen LogP contribution in [0.15, 0.2) is 18.2 Å². The topological polar surface area (TPSA) is 63.6 Å². The van der Waals surface area contributed by atoms with Gasteiger partial charge < -0.3 is 9.84 Å². The Morgan fingerprint density at radius 2 is 2.00 bits per heavy atom. The fraction of sp³-hybridized carbons (Fsp3) is 0.500. The van der Waals surface area contributed by atoms with Crippen molar-refractivity contribution in [3.8, 4) is 11.5 Å². The summed E-state index contributed by atoms with van der Waals surface area (Å²) < 4.78 is 28.5. The summed E-state index contributed by atoms with van der Waals surface area (Å²) in [5, 5.41) is 9.06. The third kappa shape index (κ3) is 3.63. The number of phenols is 1. The molecule has 1 aromatic rings. The van der Waals surface area contributed by atoms with Crippen molar-refractivity contribution in [2.45, 2.75) is 26.0 Å². The Bertz CT molecular complexity index is 477. The lowest BCUT2D eigenvalue weighted by molar-refractivity contribution is 0.335. The van der Waals surface area contributed by atoms with Crippen LogP contribution in [0.3, 0.4) is 0 Å². The first-order chi connectivity index (χ1) is 7.84. The largest absolute Gasteiger partial charge is 0.508 e. The smallest absolute Gasteiger partial charge is 0.155 e. The molecule has 17 heavy (non-hydrogen) atoms. The van der Waals surface area contributed by atoms with E-state index in [4.69, 9.17) is 4.74 Å². The molecule has 1 rings (SSSR count). The molecule has 0 atom stereocenters. The number of sulfone groups is 1. The van der Waals surface area contributed by atoms with E-state index in [0.29, 0.717) is 11.3 Å². The van der Waals surface area contributed by atoms with Gasteiger partial charge in [0.15, 0.2) is 9.84 Å². The van der Waals surface area contributed by atoms with Gasteiger partial charge in [0.25, 0.3) is 0 Å². The molecule has 1 aromatic carbocycles. The Labute approximate surface area is 102 Å². The second kappa shape index (κ2) is 5.40. The maximum atomic E-state index is 11.5. The van der Waals surface area contributed by atoms with Crippen LogP contribution in [0, 0.1) is 6.92 Å². The van der Waals surface area contributed by atoms with E-state index in [9.17, 15) is 13.5 Å². The van der Waals surface area contributed by atoms with E-state index in [0.717, 1.165) is 0 Å². The van der Waals surface area contributed by atoms with Gasteiger partial charge >= 0.3 is 0 Å². The molecule has 0 unspecified atom stereocenters. The van der Waals surface area contributed by atoms with Crippen molar-refractivity contribution in [2.24, 2.45) is 0 Å². The van der Waals surface area contributed by atoms with Gasteiger partial charge in [-0.25, -0.2) is 8.42 Å². The number of aromatic hydroxyl groups is 1. The second-order valence-corrected chi connectivity index (χ2v) is 6.84. The van der Waals surface area contributed by atoms with E-state index >= 15 is 0 Å². The van der Waals surface area contributed by atoms with Gasteiger partial charge in [-0.3, -0.25) is 0 Å². The molecule has 0 aliphatic carbocycles. The minimum Gasteiger partial charge on any atom is -0.508 e. The van der Waals surface area contributed by atoms with Crippen LogP contribution in [0.4, 0.5) is 0 Å². The molecule has 4 nitrogen and oxygen atoms in total. The van der Waals surface area contributed by atoms with Crippen LogP contribution in [0.2, 0.25) is 0 Å². The summed E-state index contributed by atoms with van der Waals surface area (Å²) in [4.78, 5) is 0. The van der Waals surface area contributed by atoms with Crippen LogP contribution < -0.4 is 4.74 Å². The lowest BCUT2D eigenvalue weighted by atomic mass is 10.2. The highest BCUT2D eigenvalue weighted by molar-refractivity contribution is 7.91. The lowest BCUT2D eigenvalue weighted by Crippen LogP contribution is -2.22. The molecule has 0 fully saturated rings. The molecule has 0 saturated carbocycles. The van der Waals surface area contributed by atoms with Crippen molar-refractivity contribution in [3.05, 3.63) is 23.8 Å². The summed E-state index contributed by atoms with van der Waals surface area (Å²) in [5.74, 6) is 0.651. The number of hydrogen-bond donors (Lipinski definition) is 1. The molecule has 0 aromatic heterocycles. The Morgan fingerprint density at radius 3 is 2.59 bits per heavy atom. The number of rotatable bonds is 5. The van der Waals surface area contributed by atoms with Gasteiger partial charge in [-0.1, -0.05) is 6.07 Å². The van der Waals surface area contributed by atoms with Crippen LogP contribution in [0.1, 0.15) is 19.4 Å². The van der Waals surface area contributed by atoms with Gasteiger partial charge in [0, 0.05) is 5.56 Å². The number of ether oxygens (including phenoxy) is 1. The molecular formula is C12H18O4S. The van der Waals surface area contributed by atoms with Gasteiger partial charge in [0.1, 0.15) is 18.1 Å². The summed E-state index contributed by atoms with van der Waals surface area (Å²) in [5.41, 5.74) is 0.620. The van der Waals surface area contributed by atoms with Gasteiger partial charge in [-0.15, -0.1) is 0 Å². The zero-order chi connectivity index (χ0) is 13.1. The molecule has 1 N–H and O–H groups in total. The van der Waals surface area contributed by atoms with Crippen molar-refractivity contribution >= 4 is 9.84 Å². The number of benzene rings is 1. The number of hydrogen-bond acceptors (Lipinski definition) is 4. The van der Waals surface area contributed by atoms with E-state index < -0.39 is 15.1 Å². The molecule has 0 spiro atoms. The van der Waals surface area contributed by atoms with E-state index in [1.807, 2.05) is 0 Å². The van der Waals surface area contributed by atoms with Gasteiger partial charge in [0.2, 0.25) is 0 Å². The van der Waals surface area contributed by atoms with Crippen LogP contribution in [-0.2, 0) is 9.84 Å². The van der Waals surface area contributed by atoms with Gasteiger partial charge in [0.05, 0.1) is 11.0 Å². The van der Waals surface area contributed by atoms with E-state index in [-0.39, 0.29) is 18.1 Å². The maximum Gasteiger partial charge on any atom is 0.155 e. The van der Waals surface area contributed by atoms with Crippen molar-refractivity contribution in [1.82, 2.24) is 0 Å². The first-order valence-electron chi connectivity index (χ1n) is 5.47. The predicted octanol–water partition coefficient (Wildman–Crippen LogP) is 1.90. The minimum atomic E-state index is -3.08. The van der Waals surface area contributed by atoms with Crippen LogP contribution >= 0.6 is 0 Å². The van der Waals surface area contributed by atoms with Crippen LogP contribution in [-0.4, -0.2) is 31.1 Å². The Kier molecular flexibility index (Phi) is 4.40. The van der Waals surface area contributed by atoms with Crippen molar-refractivity contribution in [3.63, 3.8) is 0 Å². The molecule has 0 aliphatic rings. The summed E-state index contributed by atoms with van der Waals surface area (Å²) in [6, 6.07) is 4.93. The summed E-state index contributed by atoms with van der Waals surface area (Å²) in [7, 11) is -3.08. The van der Waals surface area contributed by atoms with E-state index in [1.54, 1.807) is 39.0 Å². The maximum absolute atomic E-state index is 11.5. The fourth-order valence-electron chi connectivity index (χ4n) is 1.26. The average molecular weight is 258 g/mol.